The van der Waals surface area contributed by atoms with E-state index in [4.69, 9.17) is 4.74 Å². The van der Waals surface area contributed by atoms with Gasteiger partial charge in [0.15, 0.2) is 0 Å². The largest absolute Gasteiger partial charge is 0.497 e. The standard InChI is InChI=1S/C23H28N4O3S/c1-30-18-7-5-17(6-8-18)20(26-11-3-2-4-12-26)15-24-21(28)9-13-27-16-25-22-19(23(27)29)10-14-31-22/h5-8,10,14,16,20H,2-4,9,11-13,15H2,1H3,(H,24,28). The number of carbonyl (C=O) groups excluding carboxylic acids is 1. The number of fused-ring (bicyclic) bond motifs is 1. The third-order valence-electron chi connectivity index (χ3n) is 5.85. The summed E-state index contributed by atoms with van der Waals surface area (Å²) < 4.78 is 6.80. The van der Waals surface area contributed by atoms with E-state index in [9.17, 15) is 9.59 Å². The van der Waals surface area contributed by atoms with Gasteiger partial charge in [0.1, 0.15) is 10.6 Å². The molecule has 1 unspecified atom stereocenters. The van der Waals surface area contributed by atoms with Crippen molar-refractivity contribution in [3.63, 3.8) is 0 Å². The van der Waals surface area contributed by atoms with Crippen molar-refractivity contribution in [3.05, 3.63) is 58.0 Å². The van der Waals surface area contributed by atoms with Crippen LogP contribution in [-0.4, -0.2) is 47.1 Å². The number of aryl methyl sites for hydroxylation is 1. The number of hydrogen-bond acceptors (Lipinski definition) is 6. The number of aromatic nitrogens is 2. The summed E-state index contributed by atoms with van der Waals surface area (Å²) in [5.41, 5.74) is 1.08. The monoisotopic (exact) mass is 440 g/mol. The van der Waals surface area contributed by atoms with Gasteiger partial charge in [-0.15, -0.1) is 11.3 Å². The Morgan fingerprint density at radius 3 is 2.71 bits per heavy atom. The highest BCUT2D eigenvalue weighted by Crippen LogP contribution is 2.26. The molecule has 4 rings (SSSR count). The Balaban J connectivity index is 1.38. The minimum Gasteiger partial charge on any atom is -0.497 e. The van der Waals surface area contributed by atoms with Crippen LogP contribution in [0.15, 0.2) is 46.8 Å². The normalized spacial score (nSPS) is 15.6. The fourth-order valence-corrected chi connectivity index (χ4v) is 4.81. The van der Waals surface area contributed by atoms with Crippen LogP contribution in [0.3, 0.4) is 0 Å². The van der Waals surface area contributed by atoms with E-state index in [0.29, 0.717) is 18.5 Å². The van der Waals surface area contributed by atoms with Gasteiger partial charge < -0.3 is 10.1 Å². The van der Waals surface area contributed by atoms with E-state index >= 15 is 0 Å². The van der Waals surface area contributed by atoms with Gasteiger partial charge in [-0.05, 0) is 55.1 Å². The number of piperidine rings is 1. The first-order valence-corrected chi connectivity index (χ1v) is 11.6. The number of hydrogen-bond donors (Lipinski definition) is 1. The van der Waals surface area contributed by atoms with Crippen molar-refractivity contribution in [1.82, 2.24) is 19.8 Å². The molecule has 3 heterocycles. The van der Waals surface area contributed by atoms with Crippen molar-refractivity contribution >= 4 is 27.5 Å². The van der Waals surface area contributed by atoms with Crippen molar-refractivity contribution in [2.45, 2.75) is 38.3 Å². The summed E-state index contributed by atoms with van der Waals surface area (Å²) in [4.78, 5) is 32.6. The Hall–Kier alpha value is -2.71. The quantitative estimate of drug-likeness (QED) is 0.582. The summed E-state index contributed by atoms with van der Waals surface area (Å²) in [7, 11) is 1.66. The van der Waals surface area contributed by atoms with Crippen LogP contribution in [0.2, 0.25) is 0 Å². The molecule has 2 aromatic heterocycles. The van der Waals surface area contributed by atoms with Crippen LogP contribution in [-0.2, 0) is 11.3 Å². The molecular formula is C23H28N4O3S. The minimum atomic E-state index is -0.0940. The van der Waals surface area contributed by atoms with Crippen molar-refractivity contribution in [1.29, 1.82) is 0 Å². The van der Waals surface area contributed by atoms with Gasteiger partial charge in [0, 0.05) is 19.5 Å². The maximum atomic E-state index is 12.6. The van der Waals surface area contributed by atoms with Gasteiger partial charge in [-0.2, -0.15) is 0 Å². The molecule has 0 bridgehead atoms. The van der Waals surface area contributed by atoms with Crippen molar-refractivity contribution in [3.8, 4) is 5.75 Å². The van der Waals surface area contributed by atoms with Gasteiger partial charge in [0.25, 0.3) is 5.56 Å². The summed E-state index contributed by atoms with van der Waals surface area (Å²) in [6, 6.07) is 9.99. The lowest BCUT2D eigenvalue weighted by Crippen LogP contribution is -2.40. The SMILES string of the molecule is COc1ccc(C(CNC(=O)CCn2cnc3sccc3c2=O)N2CCCCC2)cc1. The predicted molar refractivity (Wildman–Crippen MR) is 123 cm³/mol. The summed E-state index contributed by atoms with van der Waals surface area (Å²) in [6.07, 6.45) is 5.40. The van der Waals surface area contributed by atoms with E-state index in [1.165, 1.54) is 47.1 Å². The Morgan fingerprint density at radius 2 is 1.97 bits per heavy atom. The van der Waals surface area contributed by atoms with Gasteiger partial charge in [-0.3, -0.25) is 19.1 Å². The fourth-order valence-electron chi connectivity index (χ4n) is 4.09. The second-order valence-electron chi connectivity index (χ2n) is 7.82. The highest BCUT2D eigenvalue weighted by atomic mass is 32.1. The number of rotatable bonds is 8. The first kappa shape index (κ1) is 21.5. The molecule has 31 heavy (non-hydrogen) atoms. The average Bonchev–Trinajstić information content (AvgIpc) is 3.30. The Kier molecular flexibility index (Phi) is 6.99. The number of likely N-dealkylation sites (tertiary alicyclic amines) is 1. The van der Waals surface area contributed by atoms with E-state index in [1.807, 2.05) is 17.5 Å². The predicted octanol–water partition coefficient (Wildman–Crippen LogP) is 3.20. The van der Waals surface area contributed by atoms with Crippen molar-refractivity contribution in [2.75, 3.05) is 26.7 Å². The number of thiophene rings is 1. The number of ether oxygens (including phenoxy) is 1. The Labute approximate surface area is 185 Å². The van der Waals surface area contributed by atoms with Crippen LogP contribution in [0.1, 0.15) is 37.3 Å². The number of nitrogens with one attached hydrogen (secondary N) is 1. The van der Waals surface area contributed by atoms with E-state index < -0.39 is 0 Å². The van der Waals surface area contributed by atoms with E-state index in [-0.39, 0.29) is 23.9 Å². The Bertz CT molecular complexity index is 1070. The second-order valence-corrected chi connectivity index (χ2v) is 8.72. The lowest BCUT2D eigenvalue weighted by atomic mass is 10.0. The number of amides is 1. The topological polar surface area (TPSA) is 76.5 Å². The molecule has 1 aromatic carbocycles. The van der Waals surface area contributed by atoms with Gasteiger partial charge >= 0.3 is 0 Å². The molecule has 0 spiro atoms. The summed E-state index contributed by atoms with van der Waals surface area (Å²) in [6.45, 7) is 2.94. The lowest BCUT2D eigenvalue weighted by molar-refractivity contribution is -0.121. The van der Waals surface area contributed by atoms with Crippen molar-refractivity contribution < 1.29 is 9.53 Å². The number of benzene rings is 1. The van der Waals surface area contributed by atoms with E-state index in [2.05, 4.69) is 27.3 Å². The maximum absolute atomic E-state index is 12.6. The molecule has 1 aliphatic heterocycles. The smallest absolute Gasteiger partial charge is 0.262 e. The molecule has 1 amide bonds. The molecule has 1 N–H and O–H groups in total. The molecule has 164 valence electrons. The van der Waals surface area contributed by atoms with Gasteiger partial charge in [0.05, 0.1) is 24.9 Å². The van der Waals surface area contributed by atoms with E-state index in [1.54, 1.807) is 13.2 Å². The zero-order valence-electron chi connectivity index (χ0n) is 17.8. The van der Waals surface area contributed by atoms with Crippen LogP contribution in [0.25, 0.3) is 10.2 Å². The molecule has 0 aliphatic carbocycles. The average molecular weight is 441 g/mol. The summed E-state index contributed by atoms with van der Waals surface area (Å²) in [5.74, 6) is 0.764. The molecule has 3 aromatic rings. The molecule has 1 aliphatic rings. The number of nitrogens with zero attached hydrogens (tertiary/aromatic N) is 3. The van der Waals surface area contributed by atoms with Crippen LogP contribution in [0, 0.1) is 0 Å². The molecule has 8 heteroatoms. The van der Waals surface area contributed by atoms with E-state index in [0.717, 1.165) is 23.7 Å². The zero-order chi connectivity index (χ0) is 21.6. The Morgan fingerprint density at radius 1 is 1.19 bits per heavy atom. The summed E-state index contributed by atoms with van der Waals surface area (Å²) in [5, 5.41) is 5.55. The van der Waals surface area contributed by atoms with Crippen LogP contribution < -0.4 is 15.6 Å². The minimum absolute atomic E-state index is 0.0622. The van der Waals surface area contributed by atoms with Gasteiger partial charge in [-0.25, -0.2) is 4.98 Å². The summed E-state index contributed by atoms with van der Waals surface area (Å²) >= 11 is 1.44. The number of carbonyl (C=O) groups is 1. The molecule has 0 saturated carbocycles. The highest BCUT2D eigenvalue weighted by Gasteiger charge is 2.23. The van der Waals surface area contributed by atoms with Crippen LogP contribution in [0.5, 0.6) is 5.75 Å². The molecule has 1 fully saturated rings. The molecular weight excluding hydrogens is 412 g/mol. The third kappa shape index (κ3) is 5.14. The molecule has 1 saturated heterocycles. The van der Waals surface area contributed by atoms with Crippen LogP contribution in [0.4, 0.5) is 0 Å². The second kappa shape index (κ2) is 10.1. The first-order chi connectivity index (χ1) is 15.2. The molecule has 7 nitrogen and oxygen atoms in total. The number of methoxy groups -OCH3 is 1. The van der Waals surface area contributed by atoms with Crippen molar-refractivity contribution in [2.24, 2.45) is 0 Å². The zero-order valence-corrected chi connectivity index (χ0v) is 18.6. The maximum Gasteiger partial charge on any atom is 0.262 e. The third-order valence-corrected chi connectivity index (χ3v) is 6.68. The van der Waals surface area contributed by atoms with Crippen LogP contribution >= 0.6 is 11.3 Å². The van der Waals surface area contributed by atoms with Gasteiger partial charge in [-0.1, -0.05) is 18.6 Å². The highest BCUT2D eigenvalue weighted by molar-refractivity contribution is 7.16. The first-order valence-electron chi connectivity index (χ1n) is 10.7. The van der Waals surface area contributed by atoms with Gasteiger partial charge in [0.2, 0.25) is 5.91 Å². The molecule has 0 radical (unpaired) electrons. The lowest BCUT2D eigenvalue weighted by Gasteiger charge is -2.35. The molecule has 1 atom stereocenters. The fraction of sp³-hybridized carbons (Fsp3) is 0.435.